The molecule has 18 heavy (non-hydrogen) atoms. The van der Waals surface area contributed by atoms with Gasteiger partial charge in [0.05, 0.1) is 0 Å². The van der Waals surface area contributed by atoms with Crippen molar-refractivity contribution in [2.24, 2.45) is 0 Å². The van der Waals surface area contributed by atoms with Crippen LogP contribution >= 0.6 is 0 Å². The van der Waals surface area contributed by atoms with Gasteiger partial charge in [-0.3, -0.25) is 9.59 Å². The lowest BCUT2D eigenvalue weighted by Crippen LogP contribution is -2.41. The van der Waals surface area contributed by atoms with Crippen molar-refractivity contribution in [3.05, 3.63) is 23.0 Å². The fourth-order valence-electron chi connectivity index (χ4n) is 2.91. The summed E-state index contributed by atoms with van der Waals surface area (Å²) in [5, 5.41) is 18.7. The van der Waals surface area contributed by atoms with Gasteiger partial charge in [-0.15, -0.1) is 0 Å². The Hall–Kier alpha value is -1.78. The second-order valence-corrected chi connectivity index (χ2v) is 4.63. The van der Waals surface area contributed by atoms with E-state index in [1.165, 1.54) is 0 Å². The maximum Gasteiger partial charge on any atom is 0.327 e. The third kappa shape index (κ3) is 1.39. The maximum absolute atomic E-state index is 11.4. The van der Waals surface area contributed by atoms with Crippen molar-refractivity contribution in [2.75, 3.05) is 0 Å². The minimum Gasteiger partial charge on any atom is -0.480 e. The summed E-state index contributed by atoms with van der Waals surface area (Å²) in [6, 6.07) is 1.76. The van der Waals surface area contributed by atoms with Crippen molar-refractivity contribution in [1.82, 2.24) is 4.57 Å². The van der Waals surface area contributed by atoms with Crippen LogP contribution < -0.4 is 0 Å². The molecule has 2 N–H and O–H groups in total. The van der Waals surface area contributed by atoms with Crippen molar-refractivity contribution in [1.29, 1.82) is 0 Å². The third-order valence-corrected chi connectivity index (χ3v) is 3.89. The average Bonchev–Trinajstić information content (AvgIpc) is 2.83. The van der Waals surface area contributed by atoms with Crippen molar-refractivity contribution in [2.45, 2.75) is 45.1 Å². The molecule has 1 aliphatic rings. The van der Waals surface area contributed by atoms with Gasteiger partial charge in [-0.2, -0.15) is 0 Å². The summed E-state index contributed by atoms with van der Waals surface area (Å²) in [6.07, 6.45) is 1.71. The van der Waals surface area contributed by atoms with Gasteiger partial charge in [-0.25, -0.2) is 0 Å². The molecule has 0 saturated carbocycles. The SMILES string of the molecule is CCc1cc2n(c1CC)CCC2(C(=O)O)C(=O)O. The number of aryl methyl sites for hydroxylation is 1. The van der Waals surface area contributed by atoms with E-state index in [0.29, 0.717) is 12.2 Å². The normalized spacial score (nSPS) is 16.6. The van der Waals surface area contributed by atoms with Crippen LogP contribution in [0.25, 0.3) is 0 Å². The number of carboxylic acids is 2. The molecule has 0 radical (unpaired) electrons. The molecule has 0 bridgehead atoms. The molecule has 1 aromatic rings. The second-order valence-electron chi connectivity index (χ2n) is 4.63. The smallest absolute Gasteiger partial charge is 0.327 e. The summed E-state index contributed by atoms with van der Waals surface area (Å²) >= 11 is 0. The molecule has 0 aliphatic carbocycles. The molecule has 0 atom stereocenters. The van der Waals surface area contributed by atoms with Gasteiger partial charge >= 0.3 is 11.9 Å². The van der Waals surface area contributed by atoms with E-state index < -0.39 is 17.4 Å². The number of hydrogen-bond acceptors (Lipinski definition) is 2. The molecule has 2 heterocycles. The Balaban J connectivity index is 2.66. The van der Waals surface area contributed by atoms with Crippen molar-refractivity contribution < 1.29 is 19.8 Å². The Morgan fingerprint density at radius 1 is 1.28 bits per heavy atom. The van der Waals surface area contributed by atoms with Gasteiger partial charge in [0, 0.05) is 17.9 Å². The quantitative estimate of drug-likeness (QED) is 0.793. The van der Waals surface area contributed by atoms with Gasteiger partial charge in [0.15, 0.2) is 0 Å². The summed E-state index contributed by atoms with van der Waals surface area (Å²) in [6.45, 7) is 4.47. The number of carbonyl (C=O) groups is 2. The lowest BCUT2D eigenvalue weighted by molar-refractivity contribution is -0.157. The number of aromatic nitrogens is 1. The summed E-state index contributed by atoms with van der Waals surface area (Å²) in [4.78, 5) is 22.9. The molecule has 0 fully saturated rings. The molecular formula is C13H17NO4. The lowest BCUT2D eigenvalue weighted by atomic mass is 9.83. The highest BCUT2D eigenvalue weighted by molar-refractivity contribution is 6.04. The first-order valence-electron chi connectivity index (χ1n) is 6.17. The summed E-state index contributed by atoms with van der Waals surface area (Å²) in [5.41, 5.74) is 0.782. The van der Waals surface area contributed by atoms with Crippen LogP contribution in [0.4, 0.5) is 0 Å². The van der Waals surface area contributed by atoms with E-state index in [2.05, 4.69) is 0 Å². The number of carboxylic acid groups (broad SMARTS) is 2. The van der Waals surface area contributed by atoms with E-state index in [-0.39, 0.29) is 6.42 Å². The van der Waals surface area contributed by atoms with Gasteiger partial charge in [0.25, 0.3) is 0 Å². The Labute approximate surface area is 105 Å². The van der Waals surface area contributed by atoms with E-state index in [4.69, 9.17) is 0 Å². The Kier molecular flexibility index (Phi) is 2.92. The van der Waals surface area contributed by atoms with Gasteiger partial charge in [-0.05, 0) is 30.9 Å². The van der Waals surface area contributed by atoms with E-state index in [1.807, 2.05) is 18.4 Å². The zero-order valence-electron chi connectivity index (χ0n) is 10.6. The van der Waals surface area contributed by atoms with Crippen LogP contribution in [0.15, 0.2) is 6.07 Å². The first-order chi connectivity index (χ1) is 8.48. The van der Waals surface area contributed by atoms with Crippen LogP contribution in [0.5, 0.6) is 0 Å². The fourth-order valence-corrected chi connectivity index (χ4v) is 2.91. The highest BCUT2D eigenvalue weighted by Gasteiger charge is 2.54. The number of nitrogens with zero attached hydrogens (tertiary/aromatic N) is 1. The number of fused-ring (bicyclic) bond motifs is 1. The zero-order chi connectivity index (χ0) is 13.5. The Morgan fingerprint density at radius 2 is 1.89 bits per heavy atom. The molecule has 5 heteroatoms. The summed E-state index contributed by atoms with van der Waals surface area (Å²) in [5.74, 6) is -2.53. The van der Waals surface area contributed by atoms with Gasteiger partial charge < -0.3 is 14.8 Å². The molecular weight excluding hydrogens is 234 g/mol. The van der Waals surface area contributed by atoms with Crippen molar-refractivity contribution in [3.63, 3.8) is 0 Å². The van der Waals surface area contributed by atoms with Crippen LogP contribution in [0.1, 0.15) is 37.2 Å². The van der Waals surface area contributed by atoms with Crippen LogP contribution in [0.3, 0.4) is 0 Å². The topological polar surface area (TPSA) is 79.5 Å². The van der Waals surface area contributed by atoms with Gasteiger partial charge in [-0.1, -0.05) is 13.8 Å². The van der Waals surface area contributed by atoms with E-state index in [1.54, 1.807) is 6.07 Å². The largest absolute Gasteiger partial charge is 0.480 e. The fraction of sp³-hybridized carbons (Fsp3) is 0.538. The first-order valence-corrected chi connectivity index (χ1v) is 6.17. The summed E-state index contributed by atoms with van der Waals surface area (Å²) in [7, 11) is 0. The highest BCUT2D eigenvalue weighted by Crippen LogP contribution is 2.39. The molecule has 0 unspecified atom stereocenters. The monoisotopic (exact) mass is 251 g/mol. The van der Waals surface area contributed by atoms with Crippen LogP contribution in [-0.2, 0) is 34.4 Å². The van der Waals surface area contributed by atoms with E-state index in [0.717, 1.165) is 24.1 Å². The second kappa shape index (κ2) is 4.15. The Bertz CT molecular complexity index is 501. The summed E-state index contributed by atoms with van der Waals surface area (Å²) < 4.78 is 1.88. The molecule has 2 rings (SSSR count). The predicted molar refractivity (Wildman–Crippen MR) is 64.8 cm³/mol. The lowest BCUT2D eigenvalue weighted by Gasteiger charge is -2.17. The number of hydrogen-bond donors (Lipinski definition) is 2. The molecule has 0 spiro atoms. The van der Waals surface area contributed by atoms with Gasteiger partial charge in [0.2, 0.25) is 5.41 Å². The van der Waals surface area contributed by atoms with Crippen LogP contribution in [0.2, 0.25) is 0 Å². The molecule has 5 nitrogen and oxygen atoms in total. The molecule has 0 saturated heterocycles. The maximum atomic E-state index is 11.4. The number of aliphatic carboxylic acids is 2. The van der Waals surface area contributed by atoms with Crippen molar-refractivity contribution in [3.8, 4) is 0 Å². The Morgan fingerprint density at radius 3 is 2.33 bits per heavy atom. The molecule has 98 valence electrons. The first kappa shape index (κ1) is 12.7. The highest BCUT2D eigenvalue weighted by atomic mass is 16.4. The average molecular weight is 251 g/mol. The third-order valence-electron chi connectivity index (χ3n) is 3.89. The zero-order valence-corrected chi connectivity index (χ0v) is 10.6. The van der Waals surface area contributed by atoms with Crippen LogP contribution in [-0.4, -0.2) is 26.7 Å². The predicted octanol–water partition coefficient (Wildman–Crippen LogP) is 1.42. The standard InChI is InChI=1S/C13H17NO4/c1-3-8-7-10-13(11(15)16,12(17)18)5-6-14(10)9(8)4-2/h7H,3-6H2,1-2H3,(H,15,16)(H,17,18). The van der Waals surface area contributed by atoms with Crippen LogP contribution in [0, 0.1) is 0 Å². The molecule has 0 aromatic carbocycles. The molecule has 0 amide bonds. The minimum absolute atomic E-state index is 0.129. The van der Waals surface area contributed by atoms with Crippen molar-refractivity contribution >= 4 is 11.9 Å². The van der Waals surface area contributed by atoms with Gasteiger partial charge in [0.1, 0.15) is 0 Å². The molecule has 1 aliphatic heterocycles. The molecule has 1 aromatic heterocycles. The number of rotatable bonds is 4. The minimum atomic E-state index is -1.77. The van der Waals surface area contributed by atoms with E-state index >= 15 is 0 Å². The van der Waals surface area contributed by atoms with E-state index in [9.17, 15) is 19.8 Å².